The van der Waals surface area contributed by atoms with Crippen LogP contribution in [0.5, 0.6) is 5.75 Å². The van der Waals surface area contributed by atoms with Crippen LogP contribution in [-0.4, -0.2) is 41.8 Å². The molecule has 1 aliphatic carbocycles. The lowest BCUT2D eigenvalue weighted by Crippen LogP contribution is -2.30. The zero-order valence-corrected chi connectivity index (χ0v) is 13.8. The zero-order valence-electron chi connectivity index (χ0n) is 13.0. The van der Waals surface area contributed by atoms with Crippen LogP contribution in [0.2, 0.25) is 0 Å². The number of thiazole rings is 1. The summed E-state index contributed by atoms with van der Waals surface area (Å²) in [4.78, 5) is 6.85. The normalized spacial score (nSPS) is 16.0. The molecule has 0 amide bonds. The molecular formula is C17H22N2O2S. The molecule has 0 spiro atoms. The summed E-state index contributed by atoms with van der Waals surface area (Å²) in [6.45, 7) is 1.49. The van der Waals surface area contributed by atoms with Crippen molar-refractivity contribution in [2.45, 2.75) is 25.5 Å². The molecule has 22 heavy (non-hydrogen) atoms. The number of likely N-dealkylation sites (N-methyl/N-ethyl adjacent to an activating group) is 1. The summed E-state index contributed by atoms with van der Waals surface area (Å²) in [6.07, 6.45) is 2.15. The molecule has 3 rings (SSSR count). The van der Waals surface area contributed by atoms with Crippen LogP contribution in [0.1, 0.15) is 18.5 Å². The maximum Gasteiger partial charge on any atom is 0.123 e. The summed E-state index contributed by atoms with van der Waals surface area (Å²) in [5.41, 5.74) is 2.13. The van der Waals surface area contributed by atoms with E-state index in [9.17, 15) is 5.11 Å². The molecule has 0 bridgehead atoms. The van der Waals surface area contributed by atoms with Crippen LogP contribution in [0.4, 0.5) is 0 Å². The van der Waals surface area contributed by atoms with Gasteiger partial charge in [0.1, 0.15) is 10.8 Å². The number of aliphatic hydroxyl groups is 1. The van der Waals surface area contributed by atoms with E-state index in [-0.39, 0.29) is 6.10 Å². The summed E-state index contributed by atoms with van der Waals surface area (Å²) in [5.74, 6) is 1.36. The third-order valence-electron chi connectivity index (χ3n) is 3.97. The molecule has 2 aromatic rings. The average molecular weight is 318 g/mol. The fraction of sp³-hybridized carbons (Fsp3) is 0.471. The topological polar surface area (TPSA) is 45.6 Å². The van der Waals surface area contributed by atoms with Crippen LogP contribution in [-0.2, 0) is 6.54 Å². The summed E-state index contributed by atoms with van der Waals surface area (Å²) >= 11 is 1.65. The molecule has 1 aromatic heterocycles. The van der Waals surface area contributed by atoms with Gasteiger partial charge in [0.2, 0.25) is 0 Å². The summed E-state index contributed by atoms with van der Waals surface area (Å²) in [5, 5.41) is 13.1. The minimum atomic E-state index is -0.193. The van der Waals surface area contributed by atoms with Crippen molar-refractivity contribution < 1.29 is 9.84 Å². The summed E-state index contributed by atoms with van der Waals surface area (Å²) in [6, 6.07) is 7.97. The van der Waals surface area contributed by atoms with E-state index in [1.807, 2.05) is 31.3 Å². The first-order chi connectivity index (χ1) is 10.7. The van der Waals surface area contributed by atoms with Crippen LogP contribution in [0.25, 0.3) is 10.6 Å². The lowest BCUT2D eigenvalue weighted by Gasteiger charge is -2.19. The van der Waals surface area contributed by atoms with Crippen molar-refractivity contribution in [1.29, 1.82) is 0 Å². The first kappa shape index (κ1) is 15.5. The molecule has 1 N–H and O–H groups in total. The number of rotatable bonds is 7. The molecule has 5 heteroatoms. The van der Waals surface area contributed by atoms with Gasteiger partial charge in [-0.3, -0.25) is 4.90 Å². The molecule has 1 atom stereocenters. The predicted molar refractivity (Wildman–Crippen MR) is 89.2 cm³/mol. The summed E-state index contributed by atoms with van der Waals surface area (Å²) < 4.78 is 5.26. The Morgan fingerprint density at radius 3 is 3.00 bits per heavy atom. The Hall–Kier alpha value is -1.43. The molecule has 1 aromatic carbocycles. The van der Waals surface area contributed by atoms with Crippen molar-refractivity contribution in [3.63, 3.8) is 0 Å². The minimum absolute atomic E-state index is 0.193. The van der Waals surface area contributed by atoms with Gasteiger partial charge in [0.15, 0.2) is 0 Å². The van der Waals surface area contributed by atoms with Gasteiger partial charge in [-0.1, -0.05) is 12.1 Å². The highest BCUT2D eigenvalue weighted by Gasteiger charge is 2.30. The van der Waals surface area contributed by atoms with E-state index in [1.54, 1.807) is 18.4 Å². The molecule has 1 unspecified atom stereocenters. The van der Waals surface area contributed by atoms with Crippen molar-refractivity contribution in [3.05, 3.63) is 35.3 Å². The van der Waals surface area contributed by atoms with Crippen molar-refractivity contribution >= 4 is 11.3 Å². The van der Waals surface area contributed by atoms with Crippen LogP contribution in [0, 0.1) is 5.92 Å². The largest absolute Gasteiger partial charge is 0.497 e. The van der Waals surface area contributed by atoms with E-state index in [0.29, 0.717) is 5.92 Å². The first-order valence-electron chi connectivity index (χ1n) is 7.61. The SMILES string of the molecule is COc1cccc(-c2nc(CN(C)CC(O)C3CC3)cs2)c1. The second-order valence-electron chi connectivity index (χ2n) is 5.98. The van der Waals surface area contributed by atoms with Crippen LogP contribution in [0.15, 0.2) is 29.6 Å². The number of methoxy groups -OCH3 is 1. The monoisotopic (exact) mass is 318 g/mol. The molecule has 0 saturated heterocycles. The van der Waals surface area contributed by atoms with Gasteiger partial charge in [-0.15, -0.1) is 11.3 Å². The van der Waals surface area contributed by atoms with E-state index in [0.717, 1.165) is 35.1 Å². The Labute approximate surface area is 135 Å². The van der Waals surface area contributed by atoms with Gasteiger partial charge in [-0.2, -0.15) is 0 Å². The second-order valence-corrected chi connectivity index (χ2v) is 6.84. The van der Waals surface area contributed by atoms with Gasteiger partial charge in [0, 0.05) is 24.0 Å². The zero-order chi connectivity index (χ0) is 15.5. The van der Waals surface area contributed by atoms with Gasteiger partial charge in [-0.25, -0.2) is 4.98 Å². The molecule has 1 saturated carbocycles. The number of nitrogens with zero attached hydrogens (tertiary/aromatic N) is 2. The Balaban J connectivity index is 1.62. The third kappa shape index (κ3) is 3.85. The fourth-order valence-corrected chi connectivity index (χ4v) is 3.37. The van der Waals surface area contributed by atoms with Gasteiger partial charge < -0.3 is 9.84 Å². The molecule has 1 aliphatic rings. The van der Waals surface area contributed by atoms with Crippen molar-refractivity contribution in [2.24, 2.45) is 5.92 Å². The van der Waals surface area contributed by atoms with Gasteiger partial charge in [0.25, 0.3) is 0 Å². The van der Waals surface area contributed by atoms with E-state index < -0.39 is 0 Å². The highest BCUT2D eigenvalue weighted by Crippen LogP contribution is 2.33. The molecule has 0 aliphatic heterocycles. The Kier molecular flexibility index (Phi) is 4.76. The van der Waals surface area contributed by atoms with E-state index in [1.165, 1.54) is 12.8 Å². The highest BCUT2D eigenvalue weighted by atomic mass is 32.1. The Bertz CT molecular complexity index is 625. The fourth-order valence-electron chi connectivity index (χ4n) is 2.56. The number of hydrogen-bond donors (Lipinski definition) is 1. The number of aromatic nitrogens is 1. The number of aliphatic hydroxyl groups excluding tert-OH is 1. The van der Waals surface area contributed by atoms with E-state index in [4.69, 9.17) is 9.72 Å². The van der Waals surface area contributed by atoms with Gasteiger partial charge in [0.05, 0.1) is 18.9 Å². The molecule has 1 fully saturated rings. The number of benzene rings is 1. The quantitative estimate of drug-likeness (QED) is 0.852. The first-order valence-corrected chi connectivity index (χ1v) is 8.49. The van der Waals surface area contributed by atoms with E-state index in [2.05, 4.69) is 10.3 Å². The maximum atomic E-state index is 10.0. The highest BCUT2D eigenvalue weighted by molar-refractivity contribution is 7.13. The third-order valence-corrected chi connectivity index (χ3v) is 4.91. The number of ether oxygens (including phenoxy) is 1. The van der Waals surface area contributed by atoms with Crippen molar-refractivity contribution in [1.82, 2.24) is 9.88 Å². The average Bonchev–Trinajstić information content (AvgIpc) is 3.28. The lowest BCUT2D eigenvalue weighted by atomic mass is 10.2. The molecule has 118 valence electrons. The maximum absolute atomic E-state index is 10.0. The minimum Gasteiger partial charge on any atom is -0.497 e. The number of hydrogen-bond acceptors (Lipinski definition) is 5. The molecule has 4 nitrogen and oxygen atoms in total. The standard InChI is InChI=1S/C17H22N2O2S/c1-19(10-16(20)12-6-7-12)9-14-11-22-17(18-14)13-4-3-5-15(8-13)21-2/h3-5,8,11-12,16,20H,6-7,9-10H2,1-2H3. The van der Waals surface area contributed by atoms with Crippen LogP contribution >= 0.6 is 11.3 Å². The summed E-state index contributed by atoms with van der Waals surface area (Å²) in [7, 11) is 3.71. The van der Waals surface area contributed by atoms with Gasteiger partial charge in [-0.05, 0) is 37.9 Å². The Morgan fingerprint density at radius 2 is 2.27 bits per heavy atom. The van der Waals surface area contributed by atoms with Crippen LogP contribution < -0.4 is 4.74 Å². The molecule has 1 heterocycles. The Morgan fingerprint density at radius 1 is 1.45 bits per heavy atom. The van der Waals surface area contributed by atoms with E-state index >= 15 is 0 Å². The van der Waals surface area contributed by atoms with Crippen molar-refractivity contribution in [2.75, 3.05) is 20.7 Å². The lowest BCUT2D eigenvalue weighted by molar-refractivity contribution is 0.104. The van der Waals surface area contributed by atoms with Crippen LogP contribution in [0.3, 0.4) is 0 Å². The van der Waals surface area contributed by atoms with Gasteiger partial charge >= 0.3 is 0 Å². The predicted octanol–water partition coefficient (Wildman–Crippen LogP) is 3.02. The smallest absolute Gasteiger partial charge is 0.123 e. The molecular weight excluding hydrogens is 296 g/mol. The van der Waals surface area contributed by atoms with Crippen molar-refractivity contribution in [3.8, 4) is 16.3 Å². The second kappa shape index (κ2) is 6.77. The molecule has 0 radical (unpaired) electrons.